The van der Waals surface area contributed by atoms with Crippen molar-refractivity contribution in [3.05, 3.63) is 95.1 Å². The molecule has 0 aliphatic rings. The Morgan fingerprint density at radius 1 is 0.761 bits per heavy atom. The van der Waals surface area contributed by atoms with Crippen molar-refractivity contribution < 1.29 is 44.1 Å². The molecular weight excluding hydrogens is 677 g/mol. The molecule has 46 heavy (non-hydrogen) atoms. The smallest absolute Gasteiger partial charge is 0.416 e. The van der Waals surface area contributed by atoms with Gasteiger partial charge in [0, 0.05) is 22.4 Å². The third-order valence-corrected chi connectivity index (χ3v) is 10.2. The van der Waals surface area contributed by atoms with Crippen LogP contribution in [-0.2, 0) is 22.5 Å². The first-order valence-electron chi connectivity index (χ1n) is 13.0. The van der Waals surface area contributed by atoms with E-state index in [0.29, 0.717) is 49.9 Å². The number of thiazole rings is 2. The summed E-state index contributed by atoms with van der Waals surface area (Å²) >= 11 is 2.41. The third kappa shape index (κ3) is 6.20. The largest absolute Gasteiger partial charge is 0.744 e. The number of halogens is 6. The monoisotopic (exact) mass is 692 g/mol. The summed E-state index contributed by atoms with van der Waals surface area (Å²) in [4.78, 5) is 21.4. The van der Waals surface area contributed by atoms with Crippen LogP contribution in [0.15, 0.2) is 77.7 Å². The van der Waals surface area contributed by atoms with Crippen molar-refractivity contribution >= 4 is 64.8 Å². The lowest BCUT2D eigenvalue weighted by Crippen LogP contribution is -2.17. The first kappa shape index (κ1) is 31.6. The van der Waals surface area contributed by atoms with Gasteiger partial charge in [0.2, 0.25) is 0 Å². The van der Waals surface area contributed by atoms with Gasteiger partial charge in [-0.05, 0) is 79.2 Å². The van der Waals surface area contributed by atoms with Crippen molar-refractivity contribution in [3.8, 4) is 21.1 Å². The molecule has 0 spiro atoms. The third-order valence-electron chi connectivity index (χ3n) is 6.83. The van der Waals surface area contributed by atoms with Crippen LogP contribution in [-0.4, -0.2) is 28.8 Å². The predicted molar refractivity (Wildman–Crippen MR) is 161 cm³/mol. The molecule has 0 bridgehead atoms. The average Bonchev–Trinajstić information content (AvgIpc) is 3.59. The summed E-state index contributed by atoms with van der Waals surface area (Å²) in [6, 6.07) is 15.2. The maximum Gasteiger partial charge on any atom is 0.416 e. The van der Waals surface area contributed by atoms with E-state index in [1.54, 1.807) is 37.3 Å². The number of aromatic nitrogens is 2. The van der Waals surface area contributed by atoms with Gasteiger partial charge in [-0.25, -0.2) is 18.4 Å². The number of aryl methyl sites for hydroxylation is 1. The fourth-order valence-corrected chi connectivity index (χ4v) is 7.96. The lowest BCUT2D eigenvalue weighted by Gasteiger charge is -2.14. The van der Waals surface area contributed by atoms with E-state index in [-0.39, 0.29) is 21.3 Å². The Bertz CT molecular complexity index is 2240. The number of nitrogens with zero attached hydrogens (tertiary/aromatic N) is 2. The molecule has 7 nitrogen and oxygen atoms in total. The van der Waals surface area contributed by atoms with E-state index in [1.807, 2.05) is 6.07 Å². The van der Waals surface area contributed by atoms with Gasteiger partial charge in [0.1, 0.15) is 20.1 Å². The molecule has 0 atom stereocenters. The van der Waals surface area contributed by atoms with E-state index in [0.717, 1.165) is 16.0 Å². The zero-order valence-corrected chi connectivity index (χ0v) is 25.4. The van der Waals surface area contributed by atoms with Gasteiger partial charge >= 0.3 is 12.4 Å². The minimum Gasteiger partial charge on any atom is -0.744 e. The van der Waals surface area contributed by atoms with Crippen LogP contribution in [0.5, 0.6) is 0 Å². The van der Waals surface area contributed by atoms with Crippen LogP contribution < -0.4 is 5.32 Å². The molecule has 6 rings (SSSR count). The topological polar surface area (TPSA) is 112 Å². The zero-order chi connectivity index (χ0) is 33.2. The van der Waals surface area contributed by atoms with Crippen LogP contribution in [0.4, 0.5) is 32.0 Å². The van der Waals surface area contributed by atoms with E-state index in [2.05, 4.69) is 15.3 Å². The maximum absolute atomic E-state index is 13.2. The van der Waals surface area contributed by atoms with E-state index < -0.39 is 45.1 Å². The second-order valence-electron chi connectivity index (χ2n) is 10.1. The molecule has 0 fully saturated rings. The quantitative estimate of drug-likeness (QED) is 0.143. The molecule has 2 heterocycles. The van der Waals surface area contributed by atoms with Crippen molar-refractivity contribution in [2.45, 2.75) is 24.2 Å². The Morgan fingerprint density at radius 3 is 1.93 bits per heavy atom. The molecule has 16 heteroatoms. The first-order chi connectivity index (χ1) is 21.5. The Balaban J connectivity index is 1.25. The highest BCUT2D eigenvalue weighted by Gasteiger charge is 2.37. The highest BCUT2D eigenvalue weighted by molar-refractivity contribution is 7.86. The van der Waals surface area contributed by atoms with Gasteiger partial charge in [-0.3, -0.25) is 4.79 Å². The number of alkyl halides is 6. The zero-order valence-electron chi connectivity index (χ0n) is 22.9. The first-order valence-corrected chi connectivity index (χ1v) is 16.0. The Morgan fingerprint density at radius 2 is 1.33 bits per heavy atom. The minimum absolute atomic E-state index is 0.0518. The summed E-state index contributed by atoms with van der Waals surface area (Å²) in [6.45, 7) is 1.54. The molecule has 236 valence electrons. The van der Waals surface area contributed by atoms with Crippen molar-refractivity contribution in [1.29, 1.82) is 0 Å². The SMILES string of the molecule is Cc1ccc2nc(-c3ccc4nc(-c5ccc(NC(=O)c6cc(C(F)(F)F)cc(C(F)(F)F)c6)cc5)sc4c3)sc2c1S(=O)(=O)[O-]. The summed E-state index contributed by atoms with van der Waals surface area (Å²) in [5.41, 5.74) is -1.21. The van der Waals surface area contributed by atoms with Crippen LogP contribution >= 0.6 is 22.7 Å². The number of carbonyl (C=O) groups is 1. The minimum atomic E-state index is -5.09. The lowest BCUT2D eigenvalue weighted by atomic mass is 10.0. The lowest BCUT2D eigenvalue weighted by molar-refractivity contribution is -0.143. The molecular formula is C30H16F6N3O4S3-. The number of amides is 1. The van der Waals surface area contributed by atoms with E-state index >= 15 is 0 Å². The van der Waals surface area contributed by atoms with E-state index in [9.17, 15) is 44.1 Å². The summed E-state index contributed by atoms with van der Waals surface area (Å²) in [5.74, 6) is -1.15. The molecule has 0 unspecified atom stereocenters. The summed E-state index contributed by atoms with van der Waals surface area (Å²) < 4.78 is 116. The molecule has 4 aromatic carbocycles. The Kier molecular flexibility index (Phi) is 7.66. The van der Waals surface area contributed by atoms with Crippen LogP contribution in [0.1, 0.15) is 27.0 Å². The molecule has 6 aromatic rings. The van der Waals surface area contributed by atoms with Crippen molar-refractivity contribution in [3.63, 3.8) is 0 Å². The fourth-order valence-electron chi connectivity index (χ4n) is 4.67. The van der Waals surface area contributed by atoms with Crippen molar-refractivity contribution in [2.75, 3.05) is 5.32 Å². The van der Waals surface area contributed by atoms with Crippen LogP contribution in [0.25, 0.3) is 41.6 Å². The predicted octanol–water partition coefficient (Wildman–Crippen LogP) is 8.74. The van der Waals surface area contributed by atoms with Crippen LogP contribution in [0.3, 0.4) is 0 Å². The Hall–Kier alpha value is -4.38. The van der Waals surface area contributed by atoms with Crippen LogP contribution in [0.2, 0.25) is 0 Å². The fraction of sp³-hybridized carbons (Fsp3) is 0.100. The Labute approximate surface area is 263 Å². The van der Waals surface area contributed by atoms with Gasteiger partial charge in [-0.2, -0.15) is 26.3 Å². The number of benzene rings is 4. The summed E-state index contributed by atoms with van der Waals surface area (Å²) in [5, 5.41) is 3.41. The van der Waals surface area contributed by atoms with Gasteiger partial charge < -0.3 is 9.87 Å². The van der Waals surface area contributed by atoms with Crippen molar-refractivity contribution in [2.24, 2.45) is 0 Å². The molecule has 0 aliphatic heterocycles. The summed E-state index contributed by atoms with van der Waals surface area (Å²) in [6.07, 6.45) is -10.2. The molecule has 0 saturated heterocycles. The number of nitrogens with one attached hydrogen (secondary N) is 1. The molecule has 0 aliphatic carbocycles. The number of carbonyl (C=O) groups excluding carboxylic acids is 1. The van der Waals surface area contributed by atoms with Gasteiger partial charge in [0.15, 0.2) is 0 Å². The number of fused-ring (bicyclic) bond motifs is 2. The normalized spacial score (nSPS) is 12.6. The van der Waals surface area contributed by atoms with Gasteiger partial charge in [-0.15, -0.1) is 22.7 Å². The number of hydrogen-bond donors (Lipinski definition) is 1. The molecule has 0 saturated carbocycles. The van der Waals surface area contributed by atoms with Crippen LogP contribution in [0, 0.1) is 6.92 Å². The standard InChI is InChI=1S/C30H17F6N3O4S3/c1-14-2-8-22-24(25(14)46(41,42)43)45-28(39-22)16-5-9-21-23(12-16)44-27(38-21)15-3-6-20(7-4-15)37-26(40)17-10-18(29(31,32)33)13-19(11-17)30(34,35)36/h2-13H,1H3,(H,37,40)(H,41,42,43)/p-1. The molecule has 1 N–H and O–H groups in total. The molecule has 0 radical (unpaired) electrons. The number of hydrogen-bond acceptors (Lipinski definition) is 8. The van der Waals surface area contributed by atoms with Gasteiger partial charge in [0.25, 0.3) is 5.91 Å². The van der Waals surface area contributed by atoms with Gasteiger partial charge in [0.05, 0.1) is 36.5 Å². The second kappa shape index (κ2) is 11.2. The van der Waals surface area contributed by atoms with Crippen molar-refractivity contribution in [1.82, 2.24) is 9.97 Å². The highest BCUT2D eigenvalue weighted by Crippen LogP contribution is 2.39. The highest BCUT2D eigenvalue weighted by atomic mass is 32.2. The molecule has 1 amide bonds. The maximum atomic E-state index is 13.2. The van der Waals surface area contributed by atoms with Gasteiger partial charge in [-0.1, -0.05) is 6.07 Å². The van der Waals surface area contributed by atoms with E-state index in [1.165, 1.54) is 29.5 Å². The second-order valence-corrected chi connectivity index (χ2v) is 13.4. The van der Waals surface area contributed by atoms with E-state index in [4.69, 9.17) is 0 Å². The number of rotatable bonds is 5. The number of anilines is 1. The summed E-state index contributed by atoms with van der Waals surface area (Å²) in [7, 11) is -4.72. The average molecular weight is 693 g/mol. The molecule has 2 aromatic heterocycles.